The average Bonchev–Trinajstić information content (AvgIpc) is 3.37. The maximum Gasteiger partial charge on any atom is 0.261 e. The summed E-state index contributed by atoms with van der Waals surface area (Å²) in [4.78, 5) is 17.0. The lowest BCUT2D eigenvalue weighted by Crippen LogP contribution is -2.21. The molecule has 0 saturated heterocycles. The Morgan fingerprint density at radius 3 is 2.66 bits per heavy atom. The van der Waals surface area contributed by atoms with E-state index in [1.807, 2.05) is 36.4 Å². The fraction of sp³-hybridized carbons (Fsp3) is 0.0952. The van der Waals surface area contributed by atoms with Crippen molar-refractivity contribution in [3.63, 3.8) is 0 Å². The van der Waals surface area contributed by atoms with Crippen molar-refractivity contribution in [3.8, 4) is 22.7 Å². The number of rotatable bonds is 4. The summed E-state index contributed by atoms with van der Waals surface area (Å²) in [5.74, 6) is 1.15. The minimum absolute atomic E-state index is 0.120. The zero-order chi connectivity index (χ0) is 19.8. The number of fused-ring (bicyclic) bond motifs is 1. The second-order valence-corrected chi connectivity index (χ2v) is 6.52. The number of para-hydroxylation sites is 1. The van der Waals surface area contributed by atoms with Crippen molar-refractivity contribution in [1.29, 1.82) is 0 Å². The van der Waals surface area contributed by atoms with Gasteiger partial charge in [-0.2, -0.15) is 0 Å². The lowest BCUT2D eigenvalue weighted by molar-refractivity contribution is 0.399. The molecule has 0 spiro atoms. The smallest absolute Gasteiger partial charge is 0.261 e. The van der Waals surface area contributed by atoms with E-state index >= 15 is 0 Å². The van der Waals surface area contributed by atoms with Crippen molar-refractivity contribution >= 4 is 10.9 Å². The first-order valence-electron chi connectivity index (χ1n) is 8.99. The van der Waals surface area contributed by atoms with Crippen LogP contribution < -0.4 is 5.56 Å². The molecule has 5 rings (SSSR count). The van der Waals surface area contributed by atoms with Crippen LogP contribution in [0.5, 0.6) is 0 Å². The van der Waals surface area contributed by atoms with Gasteiger partial charge in [0.05, 0.1) is 17.2 Å². The molecular weight excluding hydrogens is 370 g/mol. The summed E-state index contributed by atoms with van der Waals surface area (Å²) in [5, 5.41) is 12.9. The van der Waals surface area contributed by atoms with Crippen LogP contribution in [0.3, 0.4) is 0 Å². The van der Waals surface area contributed by atoms with E-state index in [2.05, 4.69) is 20.3 Å². The van der Waals surface area contributed by atoms with Gasteiger partial charge >= 0.3 is 0 Å². The first-order chi connectivity index (χ1) is 14.2. The molecule has 0 aliphatic carbocycles. The Kier molecular flexibility index (Phi) is 4.02. The predicted octanol–water partition coefficient (Wildman–Crippen LogP) is 3.46. The Bertz CT molecular complexity index is 1370. The largest absolute Gasteiger partial charge is 0.419 e. The van der Waals surface area contributed by atoms with Gasteiger partial charge in [0.2, 0.25) is 5.89 Å². The molecule has 8 heteroatoms. The number of hydrogen-bond acceptors (Lipinski definition) is 7. The Balaban J connectivity index is 1.51. The SMILES string of the molecule is Cc1onc(-c2ccccc2)c1-c1nnc(Cn2cnc3ccccc3c2=O)o1. The van der Waals surface area contributed by atoms with E-state index in [1.165, 1.54) is 10.9 Å². The van der Waals surface area contributed by atoms with Crippen LogP contribution in [0.4, 0.5) is 0 Å². The van der Waals surface area contributed by atoms with E-state index in [9.17, 15) is 4.79 Å². The Morgan fingerprint density at radius 2 is 1.79 bits per heavy atom. The van der Waals surface area contributed by atoms with Crippen LogP contribution in [0.1, 0.15) is 11.7 Å². The van der Waals surface area contributed by atoms with E-state index in [-0.39, 0.29) is 12.1 Å². The molecule has 3 heterocycles. The van der Waals surface area contributed by atoms with Crippen molar-refractivity contribution in [3.05, 3.63) is 82.9 Å². The van der Waals surface area contributed by atoms with Crippen molar-refractivity contribution < 1.29 is 8.94 Å². The molecule has 5 aromatic rings. The molecule has 0 saturated carbocycles. The second kappa shape index (κ2) is 6.83. The Labute approximate surface area is 164 Å². The molecular formula is C21H15N5O3. The van der Waals surface area contributed by atoms with E-state index in [4.69, 9.17) is 8.94 Å². The van der Waals surface area contributed by atoms with Crippen LogP contribution in [0.2, 0.25) is 0 Å². The Hall–Kier alpha value is -4.07. The maximum atomic E-state index is 12.7. The molecule has 0 aliphatic heterocycles. The summed E-state index contributed by atoms with van der Waals surface area (Å²) in [6.07, 6.45) is 1.48. The van der Waals surface area contributed by atoms with Crippen molar-refractivity contribution in [2.24, 2.45) is 0 Å². The molecule has 0 N–H and O–H groups in total. The minimum atomic E-state index is -0.165. The van der Waals surface area contributed by atoms with Crippen LogP contribution in [0, 0.1) is 6.92 Å². The van der Waals surface area contributed by atoms with Crippen LogP contribution in [-0.2, 0) is 6.54 Å². The first kappa shape index (κ1) is 17.1. The summed E-state index contributed by atoms with van der Waals surface area (Å²) in [6, 6.07) is 16.8. The third-order valence-corrected chi connectivity index (χ3v) is 4.63. The maximum absolute atomic E-state index is 12.7. The van der Waals surface area contributed by atoms with Crippen molar-refractivity contribution in [2.75, 3.05) is 0 Å². The Morgan fingerprint density at radius 1 is 1.00 bits per heavy atom. The topological polar surface area (TPSA) is 99.8 Å². The summed E-state index contributed by atoms with van der Waals surface area (Å²) < 4.78 is 12.6. The molecule has 0 unspecified atom stereocenters. The van der Waals surface area contributed by atoms with Crippen molar-refractivity contribution in [1.82, 2.24) is 24.9 Å². The molecule has 142 valence electrons. The van der Waals surface area contributed by atoms with Gasteiger partial charge in [-0.1, -0.05) is 47.6 Å². The van der Waals surface area contributed by atoms with Gasteiger partial charge in [0, 0.05) is 5.56 Å². The summed E-state index contributed by atoms with van der Waals surface area (Å²) in [7, 11) is 0. The normalized spacial score (nSPS) is 11.2. The predicted molar refractivity (Wildman–Crippen MR) is 105 cm³/mol. The fourth-order valence-corrected chi connectivity index (χ4v) is 3.20. The molecule has 3 aromatic heterocycles. The fourth-order valence-electron chi connectivity index (χ4n) is 3.20. The summed E-state index contributed by atoms with van der Waals surface area (Å²) >= 11 is 0. The highest BCUT2D eigenvalue weighted by atomic mass is 16.5. The third kappa shape index (κ3) is 3.00. The van der Waals surface area contributed by atoms with Crippen LogP contribution >= 0.6 is 0 Å². The number of aryl methyl sites for hydroxylation is 1. The molecule has 0 atom stereocenters. The molecule has 8 nitrogen and oxygen atoms in total. The number of nitrogens with zero attached hydrogens (tertiary/aromatic N) is 5. The number of hydrogen-bond donors (Lipinski definition) is 0. The lowest BCUT2D eigenvalue weighted by Gasteiger charge is -2.03. The van der Waals surface area contributed by atoms with Gasteiger partial charge in [0.1, 0.15) is 23.6 Å². The number of benzene rings is 2. The van der Waals surface area contributed by atoms with E-state index in [0.29, 0.717) is 39.7 Å². The molecule has 0 bridgehead atoms. The van der Waals surface area contributed by atoms with E-state index in [0.717, 1.165) is 5.56 Å². The van der Waals surface area contributed by atoms with Gasteiger partial charge in [-0.05, 0) is 19.1 Å². The van der Waals surface area contributed by atoms with E-state index in [1.54, 1.807) is 25.1 Å². The molecule has 0 amide bonds. The van der Waals surface area contributed by atoms with Gasteiger partial charge in [-0.3, -0.25) is 9.36 Å². The molecule has 2 aromatic carbocycles. The first-order valence-corrected chi connectivity index (χ1v) is 8.99. The van der Waals surface area contributed by atoms with Crippen LogP contribution in [0.15, 0.2) is 74.7 Å². The van der Waals surface area contributed by atoms with Gasteiger partial charge in [0.15, 0.2) is 0 Å². The molecule has 0 fully saturated rings. The molecule has 0 radical (unpaired) electrons. The second-order valence-electron chi connectivity index (χ2n) is 6.52. The van der Waals surface area contributed by atoms with Crippen molar-refractivity contribution in [2.45, 2.75) is 13.5 Å². The highest BCUT2D eigenvalue weighted by Gasteiger charge is 2.22. The highest BCUT2D eigenvalue weighted by Crippen LogP contribution is 2.33. The zero-order valence-corrected chi connectivity index (χ0v) is 15.4. The van der Waals surface area contributed by atoms with Gasteiger partial charge in [-0.25, -0.2) is 4.98 Å². The lowest BCUT2D eigenvalue weighted by atomic mass is 10.1. The van der Waals surface area contributed by atoms with Crippen LogP contribution in [-0.4, -0.2) is 24.9 Å². The van der Waals surface area contributed by atoms with Gasteiger partial charge < -0.3 is 8.94 Å². The summed E-state index contributed by atoms with van der Waals surface area (Å²) in [5.41, 5.74) is 2.63. The van der Waals surface area contributed by atoms with Gasteiger partial charge in [0.25, 0.3) is 11.4 Å². The van der Waals surface area contributed by atoms with Gasteiger partial charge in [-0.15, -0.1) is 10.2 Å². The van der Waals surface area contributed by atoms with Crippen LogP contribution in [0.25, 0.3) is 33.6 Å². The van der Waals surface area contributed by atoms with E-state index < -0.39 is 0 Å². The molecule has 29 heavy (non-hydrogen) atoms. The quantitative estimate of drug-likeness (QED) is 0.467. The minimum Gasteiger partial charge on any atom is -0.419 e. The monoisotopic (exact) mass is 385 g/mol. The third-order valence-electron chi connectivity index (χ3n) is 4.63. The average molecular weight is 385 g/mol. The zero-order valence-electron chi connectivity index (χ0n) is 15.4. The molecule has 0 aliphatic rings. The standard InChI is InChI=1S/C21H15N5O3/c1-13-18(19(25-29-13)14-7-3-2-4-8-14)20-24-23-17(28-20)11-26-12-22-16-10-6-5-9-15(16)21(26)27/h2-10,12H,11H2,1H3. The summed E-state index contributed by atoms with van der Waals surface area (Å²) in [6.45, 7) is 1.91. The highest BCUT2D eigenvalue weighted by molar-refractivity contribution is 5.78. The number of aromatic nitrogens is 5.